The molecule has 1 aromatic carbocycles. The van der Waals surface area contributed by atoms with Gasteiger partial charge in [0.15, 0.2) is 0 Å². The second-order valence-electron chi connectivity index (χ2n) is 4.29. The molecule has 0 saturated carbocycles. The summed E-state index contributed by atoms with van der Waals surface area (Å²) in [5.41, 5.74) is 2.75. The molecule has 0 heterocycles. The molecule has 1 aromatic rings. The first-order chi connectivity index (χ1) is 7.70. The Balaban J connectivity index is 2.91. The van der Waals surface area contributed by atoms with Crippen LogP contribution in [0.4, 0.5) is 5.69 Å². The molecular formula is C14H24N2. The Morgan fingerprint density at radius 3 is 2.44 bits per heavy atom. The van der Waals surface area contributed by atoms with Crippen molar-refractivity contribution in [1.82, 2.24) is 5.32 Å². The Hall–Kier alpha value is -1.02. The van der Waals surface area contributed by atoms with Gasteiger partial charge in [0, 0.05) is 24.8 Å². The van der Waals surface area contributed by atoms with Gasteiger partial charge in [-0.1, -0.05) is 25.1 Å². The van der Waals surface area contributed by atoms with Gasteiger partial charge in [-0.3, -0.25) is 0 Å². The Labute approximate surface area is 99.7 Å². The maximum atomic E-state index is 3.40. The lowest BCUT2D eigenvalue weighted by Crippen LogP contribution is -2.31. The van der Waals surface area contributed by atoms with Crippen molar-refractivity contribution in [2.24, 2.45) is 0 Å². The molecule has 2 nitrogen and oxygen atoms in total. The van der Waals surface area contributed by atoms with E-state index in [4.69, 9.17) is 0 Å². The van der Waals surface area contributed by atoms with Gasteiger partial charge in [0.2, 0.25) is 0 Å². The SMILES string of the molecule is CCNCc1ccccc1N(CC)C(C)C. The van der Waals surface area contributed by atoms with Crippen LogP contribution in [0, 0.1) is 0 Å². The van der Waals surface area contributed by atoms with Crippen molar-refractivity contribution in [3.63, 3.8) is 0 Å². The fourth-order valence-electron chi connectivity index (χ4n) is 2.01. The second kappa shape index (κ2) is 6.54. The quantitative estimate of drug-likeness (QED) is 0.792. The molecule has 0 aliphatic heterocycles. The first-order valence-corrected chi connectivity index (χ1v) is 6.25. The maximum absolute atomic E-state index is 3.40. The van der Waals surface area contributed by atoms with E-state index in [-0.39, 0.29) is 0 Å². The topological polar surface area (TPSA) is 15.3 Å². The predicted octanol–water partition coefficient (Wildman–Crippen LogP) is 3.03. The van der Waals surface area contributed by atoms with Crippen molar-refractivity contribution in [2.45, 2.75) is 40.3 Å². The normalized spacial score (nSPS) is 10.8. The van der Waals surface area contributed by atoms with Crippen LogP contribution in [0.25, 0.3) is 0 Å². The number of rotatable bonds is 6. The Morgan fingerprint density at radius 1 is 1.19 bits per heavy atom. The summed E-state index contributed by atoms with van der Waals surface area (Å²) >= 11 is 0. The third-order valence-electron chi connectivity index (χ3n) is 2.83. The van der Waals surface area contributed by atoms with Crippen LogP contribution in [0.15, 0.2) is 24.3 Å². The number of hydrogen-bond donors (Lipinski definition) is 1. The van der Waals surface area contributed by atoms with E-state index in [1.165, 1.54) is 11.3 Å². The first-order valence-electron chi connectivity index (χ1n) is 6.25. The number of hydrogen-bond acceptors (Lipinski definition) is 2. The van der Waals surface area contributed by atoms with Gasteiger partial charge in [-0.05, 0) is 38.9 Å². The standard InChI is InChI=1S/C14H24N2/c1-5-15-11-13-9-7-8-10-14(13)16(6-2)12(3)4/h7-10,12,15H,5-6,11H2,1-4H3. The maximum Gasteiger partial charge on any atom is 0.0414 e. The molecule has 0 saturated heterocycles. The number of nitrogens with one attached hydrogen (secondary N) is 1. The summed E-state index contributed by atoms with van der Waals surface area (Å²) in [7, 11) is 0. The van der Waals surface area contributed by atoms with E-state index in [1.807, 2.05) is 0 Å². The highest BCUT2D eigenvalue weighted by atomic mass is 15.1. The average molecular weight is 220 g/mol. The third kappa shape index (κ3) is 3.24. The minimum Gasteiger partial charge on any atom is -0.369 e. The van der Waals surface area contributed by atoms with E-state index in [1.54, 1.807) is 0 Å². The van der Waals surface area contributed by atoms with Crippen LogP contribution in [0.2, 0.25) is 0 Å². The Bertz CT molecular complexity index is 307. The van der Waals surface area contributed by atoms with Crippen molar-refractivity contribution in [1.29, 1.82) is 0 Å². The van der Waals surface area contributed by atoms with Crippen molar-refractivity contribution in [3.05, 3.63) is 29.8 Å². The highest BCUT2D eigenvalue weighted by molar-refractivity contribution is 5.54. The molecule has 1 rings (SSSR count). The second-order valence-corrected chi connectivity index (χ2v) is 4.29. The summed E-state index contributed by atoms with van der Waals surface area (Å²) in [6.45, 7) is 11.9. The van der Waals surface area contributed by atoms with Gasteiger partial charge in [-0.25, -0.2) is 0 Å². The monoisotopic (exact) mass is 220 g/mol. The van der Waals surface area contributed by atoms with E-state index in [0.717, 1.165) is 19.6 Å². The molecule has 0 fully saturated rings. The van der Waals surface area contributed by atoms with E-state index < -0.39 is 0 Å². The van der Waals surface area contributed by atoms with Crippen LogP contribution >= 0.6 is 0 Å². The highest BCUT2D eigenvalue weighted by Gasteiger charge is 2.11. The van der Waals surface area contributed by atoms with E-state index in [2.05, 4.69) is 62.2 Å². The molecule has 0 aliphatic rings. The number of nitrogens with zero attached hydrogens (tertiary/aromatic N) is 1. The number of para-hydroxylation sites is 1. The van der Waals surface area contributed by atoms with Crippen molar-refractivity contribution >= 4 is 5.69 Å². The van der Waals surface area contributed by atoms with Crippen molar-refractivity contribution in [3.8, 4) is 0 Å². The van der Waals surface area contributed by atoms with Gasteiger partial charge in [-0.15, -0.1) is 0 Å². The summed E-state index contributed by atoms with van der Waals surface area (Å²) in [5.74, 6) is 0. The molecule has 0 amide bonds. The van der Waals surface area contributed by atoms with E-state index >= 15 is 0 Å². The van der Waals surface area contributed by atoms with Gasteiger partial charge in [0.25, 0.3) is 0 Å². The molecule has 2 heteroatoms. The molecule has 1 N–H and O–H groups in total. The first kappa shape index (κ1) is 13.0. The van der Waals surface area contributed by atoms with Gasteiger partial charge in [-0.2, -0.15) is 0 Å². The van der Waals surface area contributed by atoms with Gasteiger partial charge < -0.3 is 10.2 Å². The molecule has 16 heavy (non-hydrogen) atoms. The van der Waals surface area contributed by atoms with Crippen LogP contribution in [0.5, 0.6) is 0 Å². The van der Waals surface area contributed by atoms with Crippen molar-refractivity contribution < 1.29 is 0 Å². The molecule has 0 aromatic heterocycles. The summed E-state index contributed by atoms with van der Waals surface area (Å²) in [6, 6.07) is 9.21. The summed E-state index contributed by atoms with van der Waals surface area (Å²) in [4.78, 5) is 2.44. The summed E-state index contributed by atoms with van der Waals surface area (Å²) < 4.78 is 0. The molecule has 0 atom stereocenters. The lowest BCUT2D eigenvalue weighted by atomic mass is 10.1. The minimum atomic E-state index is 0.549. The smallest absolute Gasteiger partial charge is 0.0414 e. The van der Waals surface area contributed by atoms with Gasteiger partial charge in [0.1, 0.15) is 0 Å². The lowest BCUT2D eigenvalue weighted by molar-refractivity contribution is 0.684. The fourth-order valence-corrected chi connectivity index (χ4v) is 2.01. The fraction of sp³-hybridized carbons (Fsp3) is 0.571. The summed E-state index contributed by atoms with van der Waals surface area (Å²) in [5, 5.41) is 3.40. The molecule has 0 radical (unpaired) electrons. The van der Waals surface area contributed by atoms with Gasteiger partial charge >= 0.3 is 0 Å². The Morgan fingerprint density at radius 2 is 1.88 bits per heavy atom. The zero-order valence-corrected chi connectivity index (χ0v) is 11.0. The third-order valence-corrected chi connectivity index (χ3v) is 2.83. The van der Waals surface area contributed by atoms with E-state index in [0.29, 0.717) is 6.04 Å². The van der Waals surface area contributed by atoms with Crippen LogP contribution < -0.4 is 10.2 Å². The molecule has 90 valence electrons. The zero-order valence-electron chi connectivity index (χ0n) is 11.0. The molecule has 0 aliphatic carbocycles. The van der Waals surface area contributed by atoms with Crippen LogP contribution in [0.1, 0.15) is 33.3 Å². The molecule has 0 bridgehead atoms. The minimum absolute atomic E-state index is 0.549. The lowest BCUT2D eigenvalue weighted by Gasteiger charge is -2.29. The predicted molar refractivity (Wildman–Crippen MR) is 72.0 cm³/mol. The molecule has 0 spiro atoms. The van der Waals surface area contributed by atoms with Crippen LogP contribution in [0.3, 0.4) is 0 Å². The molecule has 0 unspecified atom stereocenters. The zero-order chi connectivity index (χ0) is 12.0. The Kier molecular flexibility index (Phi) is 5.33. The number of benzene rings is 1. The van der Waals surface area contributed by atoms with Gasteiger partial charge in [0.05, 0.1) is 0 Å². The van der Waals surface area contributed by atoms with Crippen molar-refractivity contribution in [2.75, 3.05) is 18.0 Å². The van der Waals surface area contributed by atoms with Crippen LogP contribution in [-0.4, -0.2) is 19.1 Å². The summed E-state index contributed by atoms with van der Waals surface area (Å²) in [6.07, 6.45) is 0. The highest BCUT2D eigenvalue weighted by Crippen LogP contribution is 2.22. The van der Waals surface area contributed by atoms with Crippen LogP contribution in [-0.2, 0) is 6.54 Å². The molecular weight excluding hydrogens is 196 g/mol. The number of anilines is 1. The van der Waals surface area contributed by atoms with E-state index in [9.17, 15) is 0 Å². The largest absolute Gasteiger partial charge is 0.369 e. The average Bonchev–Trinajstić information content (AvgIpc) is 2.28.